The first-order valence-electron chi connectivity index (χ1n) is 10.8. The van der Waals surface area contributed by atoms with Gasteiger partial charge in [0.25, 0.3) is 5.91 Å². The molecule has 0 saturated carbocycles. The van der Waals surface area contributed by atoms with Crippen molar-refractivity contribution in [3.05, 3.63) is 71.5 Å². The molecule has 0 unspecified atom stereocenters. The zero-order valence-corrected chi connectivity index (χ0v) is 18.3. The second-order valence-corrected chi connectivity index (χ2v) is 8.15. The summed E-state index contributed by atoms with van der Waals surface area (Å²) in [7, 11) is 2.14. The molecule has 0 bridgehead atoms. The van der Waals surface area contributed by atoms with E-state index in [-0.39, 0.29) is 11.2 Å². The van der Waals surface area contributed by atoms with Gasteiger partial charge >= 0.3 is 0 Å². The Morgan fingerprint density at radius 1 is 1.03 bits per heavy atom. The van der Waals surface area contributed by atoms with Crippen LogP contribution in [0.3, 0.4) is 0 Å². The minimum atomic E-state index is -0.648. The van der Waals surface area contributed by atoms with Gasteiger partial charge in [0.15, 0.2) is 5.65 Å². The number of carbonyl (C=O) groups is 1. The first-order chi connectivity index (χ1) is 16.1. The molecule has 0 spiro atoms. The van der Waals surface area contributed by atoms with E-state index in [1.165, 1.54) is 10.2 Å². The van der Waals surface area contributed by atoms with E-state index in [2.05, 4.69) is 49.8 Å². The van der Waals surface area contributed by atoms with E-state index < -0.39 is 5.91 Å². The summed E-state index contributed by atoms with van der Waals surface area (Å²) in [6.07, 6.45) is 0.498. The SMILES string of the molecule is CN1CCN(c2ccc(Nc3nc(Cc4ccccc4)n4nnnc4c3C(N)=O)cc2)CC1. The number of nitrogens with two attached hydrogens (primary N) is 1. The van der Waals surface area contributed by atoms with Gasteiger partial charge in [-0.05, 0) is 47.3 Å². The number of benzene rings is 2. The highest BCUT2D eigenvalue weighted by molar-refractivity contribution is 6.03. The van der Waals surface area contributed by atoms with Crippen LogP contribution in [0.15, 0.2) is 54.6 Å². The number of anilines is 3. The number of piperazine rings is 1. The molecular weight excluding hydrogens is 418 g/mol. The van der Waals surface area contributed by atoms with Crippen molar-refractivity contribution in [1.82, 2.24) is 29.9 Å². The second-order valence-electron chi connectivity index (χ2n) is 8.15. The van der Waals surface area contributed by atoms with E-state index in [1.54, 1.807) is 0 Å². The van der Waals surface area contributed by atoms with Crippen LogP contribution in [-0.4, -0.2) is 69.1 Å². The molecule has 1 fully saturated rings. The molecule has 2 aromatic heterocycles. The smallest absolute Gasteiger partial charge is 0.256 e. The normalized spacial score (nSPS) is 14.5. The number of hydrogen-bond acceptors (Lipinski definition) is 8. The number of fused-ring (bicyclic) bond motifs is 1. The van der Waals surface area contributed by atoms with E-state index in [9.17, 15) is 4.79 Å². The Labute approximate surface area is 191 Å². The molecule has 10 nitrogen and oxygen atoms in total. The maximum atomic E-state index is 12.3. The monoisotopic (exact) mass is 443 g/mol. The number of hydrogen-bond donors (Lipinski definition) is 2. The summed E-state index contributed by atoms with van der Waals surface area (Å²) in [5.41, 5.74) is 9.13. The van der Waals surface area contributed by atoms with Gasteiger partial charge in [-0.15, -0.1) is 5.10 Å². The maximum absolute atomic E-state index is 12.3. The lowest BCUT2D eigenvalue weighted by Crippen LogP contribution is -2.44. The third-order valence-corrected chi connectivity index (χ3v) is 5.87. The van der Waals surface area contributed by atoms with Crippen LogP contribution in [0.5, 0.6) is 0 Å². The van der Waals surface area contributed by atoms with Gasteiger partial charge in [-0.3, -0.25) is 4.79 Å². The van der Waals surface area contributed by atoms with Crippen LogP contribution in [0.1, 0.15) is 21.7 Å². The number of tetrazole rings is 1. The molecule has 1 aliphatic heterocycles. The lowest BCUT2D eigenvalue weighted by Gasteiger charge is -2.34. The molecule has 0 radical (unpaired) electrons. The lowest BCUT2D eigenvalue weighted by molar-refractivity contribution is 0.100. The summed E-state index contributed by atoms with van der Waals surface area (Å²) in [5.74, 6) is 0.288. The minimum Gasteiger partial charge on any atom is -0.369 e. The molecule has 4 aromatic rings. The van der Waals surface area contributed by atoms with Crippen molar-refractivity contribution in [3.63, 3.8) is 0 Å². The number of carbonyl (C=O) groups excluding carboxylic acids is 1. The van der Waals surface area contributed by atoms with Gasteiger partial charge in [-0.25, -0.2) is 4.98 Å². The van der Waals surface area contributed by atoms with Crippen molar-refractivity contribution in [1.29, 1.82) is 0 Å². The Kier molecular flexibility index (Phi) is 5.57. The fourth-order valence-electron chi connectivity index (χ4n) is 4.02. The number of amides is 1. The molecule has 5 rings (SSSR count). The fourth-order valence-corrected chi connectivity index (χ4v) is 4.02. The van der Waals surface area contributed by atoms with Crippen molar-refractivity contribution < 1.29 is 4.79 Å². The quantitative estimate of drug-likeness (QED) is 0.462. The average Bonchev–Trinajstić information content (AvgIpc) is 3.31. The number of rotatable bonds is 6. The Hall–Kier alpha value is -4.05. The molecule has 168 valence electrons. The van der Waals surface area contributed by atoms with Crippen molar-refractivity contribution in [3.8, 4) is 0 Å². The first kappa shape index (κ1) is 20.8. The standard InChI is InChI=1S/C23H25N9O/c1-30-11-13-31(14-12-30)18-9-7-17(8-10-18)25-22-20(21(24)33)23-27-28-29-32(23)19(26-22)15-16-5-3-2-4-6-16/h2-10,25H,11-15H2,1H3,(H2,24,33). The third-order valence-electron chi connectivity index (χ3n) is 5.87. The molecule has 10 heteroatoms. The molecular formula is C23H25N9O. The number of nitrogens with zero attached hydrogens (tertiary/aromatic N) is 7. The van der Waals surface area contributed by atoms with Gasteiger partial charge in [0.05, 0.1) is 0 Å². The van der Waals surface area contributed by atoms with E-state index in [0.29, 0.717) is 18.1 Å². The molecule has 1 aliphatic rings. The van der Waals surface area contributed by atoms with Gasteiger partial charge in [0.1, 0.15) is 17.2 Å². The van der Waals surface area contributed by atoms with Gasteiger partial charge in [0.2, 0.25) is 0 Å². The molecule has 1 saturated heterocycles. The van der Waals surface area contributed by atoms with Crippen LogP contribution in [-0.2, 0) is 6.42 Å². The summed E-state index contributed by atoms with van der Waals surface area (Å²) in [5, 5.41) is 15.1. The molecule has 33 heavy (non-hydrogen) atoms. The Bertz CT molecular complexity index is 1260. The van der Waals surface area contributed by atoms with Crippen molar-refractivity contribution >= 4 is 28.7 Å². The highest BCUT2D eigenvalue weighted by atomic mass is 16.1. The highest BCUT2D eigenvalue weighted by Gasteiger charge is 2.22. The Morgan fingerprint density at radius 2 is 1.76 bits per heavy atom. The first-order valence-corrected chi connectivity index (χ1v) is 10.8. The lowest BCUT2D eigenvalue weighted by atomic mass is 10.1. The van der Waals surface area contributed by atoms with E-state index in [4.69, 9.17) is 10.7 Å². The topological polar surface area (TPSA) is 118 Å². The summed E-state index contributed by atoms with van der Waals surface area (Å²) in [6, 6.07) is 18.0. The summed E-state index contributed by atoms with van der Waals surface area (Å²) >= 11 is 0. The number of nitrogens with one attached hydrogen (secondary N) is 1. The number of likely N-dealkylation sites (N-methyl/N-ethyl adjacent to an activating group) is 1. The predicted molar refractivity (Wildman–Crippen MR) is 126 cm³/mol. The third kappa shape index (κ3) is 4.33. The molecule has 2 aromatic carbocycles. The molecule has 0 aliphatic carbocycles. The van der Waals surface area contributed by atoms with E-state index >= 15 is 0 Å². The van der Waals surface area contributed by atoms with E-state index in [0.717, 1.165) is 37.4 Å². The van der Waals surface area contributed by atoms with Gasteiger partial charge in [-0.1, -0.05) is 30.3 Å². The minimum absolute atomic E-state index is 0.153. The Balaban J connectivity index is 1.47. The maximum Gasteiger partial charge on any atom is 0.256 e. The molecule has 3 N–H and O–H groups in total. The second kappa shape index (κ2) is 8.83. The Morgan fingerprint density at radius 3 is 2.45 bits per heavy atom. The summed E-state index contributed by atoms with van der Waals surface area (Å²) in [4.78, 5) is 21.7. The fraction of sp³-hybridized carbons (Fsp3) is 0.261. The van der Waals surface area contributed by atoms with Crippen LogP contribution in [0, 0.1) is 0 Å². The molecule has 1 amide bonds. The van der Waals surface area contributed by atoms with Gasteiger partial charge < -0.3 is 20.9 Å². The van der Waals surface area contributed by atoms with Crippen molar-refractivity contribution in [2.75, 3.05) is 43.4 Å². The largest absolute Gasteiger partial charge is 0.369 e. The zero-order valence-electron chi connectivity index (χ0n) is 18.3. The van der Waals surface area contributed by atoms with Crippen LogP contribution in [0.4, 0.5) is 17.2 Å². The molecule has 0 atom stereocenters. The van der Waals surface area contributed by atoms with Gasteiger partial charge in [0, 0.05) is 44.0 Å². The van der Waals surface area contributed by atoms with Crippen molar-refractivity contribution in [2.45, 2.75) is 6.42 Å². The average molecular weight is 444 g/mol. The number of primary amides is 1. The predicted octanol–water partition coefficient (Wildman–Crippen LogP) is 1.70. The van der Waals surface area contributed by atoms with Crippen molar-refractivity contribution in [2.24, 2.45) is 5.73 Å². The summed E-state index contributed by atoms with van der Waals surface area (Å²) in [6.45, 7) is 4.08. The van der Waals surface area contributed by atoms with Crippen LogP contribution >= 0.6 is 0 Å². The zero-order chi connectivity index (χ0) is 22.8. The summed E-state index contributed by atoms with van der Waals surface area (Å²) < 4.78 is 1.47. The van der Waals surface area contributed by atoms with Crippen LogP contribution < -0.4 is 16.0 Å². The van der Waals surface area contributed by atoms with Gasteiger partial charge in [-0.2, -0.15) is 4.52 Å². The van der Waals surface area contributed by atoms with Crippen LogP contribution in [0.2, 0.25) is 0 Å². The van der Waals surface area contributed by atoms with E-state index in [1.807, 2.05) is 42.5 Å². The number of aromatic nitrogens is 5. The van der Waals surface area contributed by atoms with Crippen LogP contribution in [0.25, 0.3) is 5.65 Å². The highest BCUT2D eigenvalue weighted by Crippen LogP contribution is 2.25. The molecule has 3 heterocycles.